The van der Waals surface area contributed by atoms with Crippen LogP contribution in [0, 0.1) is 12.3 Å². The van der Waals surface area contributed by atoms with Crippen LogP contribution >= 0.6 is 11.3 Å². The third-order valence-corrected chi connectivity index (χ3v) is 9.61. The van der Waals surface area contributed by atoms with Crippen molar-refractivity contribution in [3.8, 4) is 10.4 Å². The molecule has 13 heteroatoms. The van der Waals surface area contributed by atoms with Gasteiger partial charge in [-0.25, -0.2) is 4.98 Å². The summed E-state index contributed by atoms with van der Waals surface area (Å²) < 4.78 is 5.24. The highest BCUT2D eigenvalue weighted by molar-refractivity contribution is 7.13. The number of thiazole rings is 1. The molecule has 2 fully saturated rings. The molecule has 2 aliphatic rings. The van der Waals surface area contributed by atoms with E-state index in [9.17, 15) is 24.3 Å². The molecular formula is C33H48N6O6S. The number of hydrogen-bond donors (Lipinski definition) is 3. The summed E-state index contributed by atoms with van der Waals surface area (Å²) >= 11 is 1.58. The number of piperazine rings is 1. The first kappa shape index (κ1) is 35.6. The zero-order valence-corrected chi connectivity index (χ0v) is 28.3. The molecular weight excluding hydrogens is 608 g/mol. The van der Waals surface area contributed by atoms with Crippen LogP contribution in [0.2, 0.25) is 0 Å². The number of β-amino-alcohol motifs (C(OH)–C–C–N with tert-alkyl or cyclic N) is 1. The van der Waals surface area contributed by atoms with Gasteiger partial charge in [-0.2, -0.15) is 0 Å². The highest BCUT2D eigenvalue weighted by Gasteiger charge is 2.44. The molecule has 252 valence electrons. The topological polar surface area (TPSA) is 144 Å². The predicted octanol–water partition coefficient (Wildman–Crippen LogP) is 1.62. The molecule has 0 aliphatic carbocycles. The fraction of sp³-hybridized carbons (Fsp3) is 0.606. The second-order valence-electron chi connectivity index (χ2n) is 13.2. The van der Waals surface area contributed by atoms with Crippen molar-refractivity contribution in [2.75, 3.05) is 59.0 Å². The Hall–Kier alpha value is -3.23. The number of aryl methyl sites for hydroxylation is 1. The highest BCUT2D eigenvalue weighted by Crippen LogP contribution is 2.29. The minimum Gasteiger partial charge on any atom is -0.391 e. The molecule has 0 radical (unpaired) electrons. The second-order valence-corrected chi connectivity index (χ2v) is 14.1. The van der Waals surface area contributed by atoms with E-state index in [0.29, 0.717) is 19.7 Å². The maximum Gasteiger partial charge on any atom is 0.246 e. The molecule has 0 saturated carbocycles. The van der Waals surface area contributed by atoms with Crippen molar-refractivity contribution in [2.45, 2.75) is 65.3 Å². The van der Waals surface area contributed by atoms with Crippen LogP contribution in [0.3, 0.4) is 0 Å². The minimum absolute atomic E-state index is 0.0230. The van der Waals surface area contributed by atoms with E-state index in [0.717, 1.165) is 47.6 Å². The lowest BCUT2D eigenvalue weighted by Gasteiger charge is -2.37. The number of carbonyl (C=O) groups is 4. The maximum atomic E-state index is 14.0. The third-order valence-electron chi connectivity index (χ3n) is 8.63. The van der Waals surface area contributed by atoms with Gasteiger partial charge in [0.1, 0.15) is 25.0 Å². The van der Waals surface area contributed by atoms with Gasteiger partial charge in [0.05, 0.1) is 41.4 Å². The Labute approximate surface area is 275 Å². The van der Waals surface area contributed by atoms with Gasteiger partial charge in [0.25, 0.3) is 0 Å². The number of aldehydes is 1. The number of carbonyl (C=O) groups excluding carboxylic acids is 4. The standard InChI is InChI=1S/C33H48N6O6S/c1-22(24-6-8-25(9-7-24)29-23(2)34-21-46-29)35-31(43)27-18-26(41)19-39(27)32(44)30(33(3,4)5)36-28(42)20-38-12-10-37(11-13-38)14-16-45-17-15-40/h6-9,15,21-22,26-27,30,41H,10-14,16-20H2,1-5H3,(H,35,43)(H,36,42)/t22-,26+,27-,30+/m0/s1. The molecule has 2 aliphatic heterocycles. The van der Waals surface area contributed by atoms with Crippen molar-refractivity contribution in [1.29, 1.82) is 0 Å². The Bertz CT molecular complexity index is 1340. The molecule has 3 heterocycles. The molecule has 3 N–H and O–H groups in total. The van der Waals surface area contributed by atoms with Gasteiger partial charge in [-0.05, 0) is 30.4 Å². The number of ether oxygens (including phenoxy) is 1. The van der Waals surface area contributed by atoms with Gasteiger partial charge < -0.3 is 30.2 Å². The van der Waals surface area contributed by atoms with E-state index in [1.165, 1.54) is 4.90 Å². The van der Waals surface area contributed by atoms with Crippen molar-refractivity contribution in [3.63, 3.8) is 0 Å². The molecule has 2 saturated heterocycles. The molecule has 4 atom stereocenters. The summed E-state index contributed by atoms with van der Waals surface area (Å²) in [6, 6.07) is 5.92. The summed E-state index contributed by atoms with van der Waals surface area (Å²) in [6.07, 6.45) is 0.0247. The quantitative estimate of drug-likeness (QED) is 0.217. The van der Waals surface area contributed by atoms with Gasteiger partial charge in [-0.1, -0.05) is 45.0 Å². The van der Waals surface area contributed by atoms with E-state index in [1.807, 2.05) is 69.3 Å². The SMILES string of the molecule is Cc1ncsc1-c1ccc([C@H](C)NC(=O)[C@@H]2C[C@@H](O)CN2C(=O)[C@@H](NC(=O)CN2CCN(CCOCC=O)CC2)C(C)(C)C)cc1. The normalized spacial score (nSPS) is 20.7. The molecule has 3 amide bonds. The van der Waals surface area contributed by atoms with Gasteiger partial charge in [0, 0.05) is 45.7 Å². The number of amides is 3. The summed E-state index contributed by atoms with van der Waals surface area (Å²) in [7, 11) is 0. The largest absolute Gasteiger partial charge is 0.391 e. The van der Waals surface area contributed by atoms with Gasteiger partial charge in [0.15, 0.2) is 0 Å². The van der Waals surface area contributed by atoms with E-state index in [4.69, 9.17) is 4.74 Å². The highest BCUT2D eigenvalue weighted by atomic mass is 32.1. The maximum absolute atomic E-state index is 14.0. The average Bonchev–Trinajstić information content (AvgIpc) is 3.63. The van der Waals surface area contributed by atoms with E-state index >= 15 is 0 Å². The first-order valence-electron chi connectivity index (χ1n) is 15.9. The third kappa shape index (κ3) is 9.41. The number of likely N-dealkylation sites (tertiary alicyclic amines) is 1. The Balaban J connectivity index is 1.34. The van der Waals surface area contributed by atoms with E-state index < -0.39 is 23.6 Å². The Kier molecular flexibility index (Phi) is 12.4. The monoisotopic (exact) mass is 656 g/mol. The number of nitrogens with zero attached hydrogens (tertiary/aromatic N) is 4. The first-order valence-corrected chi connectivity index (χ1v) is 16.8. The number of rotatable bonds is 13. The zero-order valence-electron chi connectivity index (χ0n) is 27.5. The summed E-state index contributed by atoms with van der Waals surface area (Å²) in [6.45, 7) is 13.9. The fourth-order valence-electron chi connectivity index (χ4n) is 5.92. The smallest absolute Gasteiger partial charge is 0.246 e. The molecule has 0 unspecified atom stereocenters. The molecule has 1 aromatic carbocycles. The van der Waals surface area contributed by atoms with Gasteiger partial charge >= 0.3 is 0 Å². The van der Waals surface area contributed by atoms with Crippen LogP contribution in [0.5, 0.6) is 0 Å². The minimum atomic E-state index is -0.878. The van der Waals surface area contributed by atoms with E-state index in [2.05, 4.69) is 20.5 Å². The van der Waals surface area contributed by atoms with Crippen molar-refractivity contribution >= 4 is 35.3 Å². The number of hydrogen-bond acceptors (Lipinski definition) is 10. The molecule has 0 spiro atoms. The predicted molar refractivity (Wildman–Crippen MR) is 176 cm³/mol. The molecule has 0 bridgehead atoms. The average molecular weight is 657 g/mol. The van der Waals surface area contributed by atoms with Crippen molar-refractivity contribution in [3.05, 3.63) is 41.0 Å². The van der Waals surface area contributed by atoms with Crippen LogP contribution in [0.4, 0.5) is 0 Å². The van der Waals surface area contributed by atoms with Gasteiger partial charge in [-0.15, -0.1) is 11.3 Å². The number of aromatic nitrogens is 1. The molecule has 1 aromatic heterocycles. The van der Waals surface area contributed by atoms with Crippen molar-refractivity contribution in [1.82, 2.24) is 30.3 Å². The number of aliphatic hydroxyl groups is 1. The van der Waals surface area contributed by atoms with E-state index in [-0.39, 0.29) is 49.9 Å². The zero-order chi connectivity index (χ0) is 33.4. The Morgan fingerprint density at radius 1 is 1.11 bits per heavy atom. The van der Waals surface area contributed by atoms with Gasteiger partial charge in [0.2, 0.25) is 17.7 Å². The molecule has 4 rings (SSSR count). The summed E-state index contributed by atoms with van der Waals surface area (Å²) in [5, 5.41) is 16.5. The summed E-state index contributed by atoms with van der Waals surface area (Å²) in [5.41, 5.74) is 4.14. The van der Waals surface area contributed by atoms with Crippen LogP contribution < -0.4 is 10.6 Å². The lowest BCUT2D eigenvalue weighted by Crippen LogP contribution is -2.59. The Morgan fingerprint density at radius 2 is 1.78 bits per heavy atom. The van der Waals surface area contributed by atoms with Gasteiger partial charge in [-0.3, -0.25) is 24.2 Å². The van der Waals surface area contributed by atoms with Crippen molar-refractivity contribution < 1.29 is 29.0 Å². The summed E-state index contributed by atoms with van der Waals surface area (Å²) in [5.74, 6) is -0.981. The molecule has 12 nitrogen and oxygen atoms in total. The first-order chi connectivity index (χ1) is 21.9. The number of nitrogens with one attached hydrogen (secondary N) is 2. The fourth-order valence-corrected chi connectivity index (χ4v) is 6.73. The van der Waals surface area contributed by atoms with Crippen LogP contribution in [0.15, 0.2) is 29.8 Å². The lowest BCUT2D eigenvalue weighted by atomic mass is 9.85. The van der Waals surface area contributed by atoms with Crippen LogP contribution in [0.25, 0.3) is 10.4 Å². The number of aliphatic hydroxyl groups excluding tert-OH is 1. The van der Waals surface area contributed by atoms with Crippen molar-refractivity contribution in [2.24, 2.45) is 5.41 Å². The molecule has 46 heavy (non-hydrogen) atoms. The lowest BCUT2D eigenvalue weighted by molar-refractivity contribution is -0.144. The van der Waals surface area contributed by atoms with E-state index in [1.54, 1.807) is 11.3 Å². The Morgan fingerprint density at radius 3 is 2.39 bits per heavy atom. The molecule has 2 aromatic rings. The van der Waals surface area contributed by atoms with Crippen LogP contribution in [-0.4, -0.2) is 126 Å². The van der Waals surface area contributed by atoms with Crippen LogP contribution in [0.1, 0.15) is 51.4 Å². The second kappa shape index (κ2) is 16.1. The number of benzene rings is 1. The van der Waals surface area contributed by atoms with Crippen LogP contribution in [-0.2, 0) is 23.9 Å². The summed E-state index contributed by atoms with van der Waals surface area (Å²) in [4.78, 5) is 62.2.